The molecule has 1 aromatic carbocycles. The Bertz CT molecular complexity index is 817. The predicted molar refractivity (Wildman–Crippen MR) is 93.2 cm³/mol. The molecule has 0 saturated carbocycles. The lowest BCUT2D eigenvalue weighted by Crippen LogP contribution is -2.39. The van der Waals surface area contributed by atoms with Gasteiger partial charge in [0.25, 0.3) is 0 Å². The first kappa shape index (κ1) is 14.9. The van der Waals surface area contributed by atoms with Crippen molar-refractivity contribution in [2.75, 3.05) is 24.6 Å². The van der Waals surface area contributed by atoms with Crippen molar-refractivity contribution >= 4 is 17.0 Å². The summed E-state index contributed by atoms with van der Waals surface area (Å²) < 4.78 is 7.97. The number of hydrogen-bond acceptors (Lipinski definition) is 5. The van der Waals surface area contributed by atoms with Gasteiger partial charge in [0.05, 0.1) is 23.8 Å². The van der Waals surface area contributed by atoms with Crippen LogP contribution < -0.4 is 9.64 Å². The Morgan fingerprint density at radius 2 is 2.17 bits per heavy atom. The molecule has 2 aromatic heterocycles. The number of aryl methyl sites for hydroxylation is 1. The van der Waals surface area contributed by atoms with Gasteiger partial charge in [0.2, 0.25) is 11.8 Å². The first-order valence-electron chi connectivity index (χ1n) is 8.36. The third kappa shape index (κ3) is 2.91. The van der Waals surface area contributed by atoms with Crippen molar-refractivity contribution in [1.29, 1.82) is 0 Å². The first-order valence-corrected chi connectivity index (χ1v) is 8.36. The fraction of sp³-hybridized carbons (Fsp3) is 0.389. The van der Waals surface area contributed by atoms with E-state index in [1.165, 1.54) is 11.9 Å². The maximum absolute atomic E-state index is 5.79. The maximum atomic E-state index is 5.79. The second-order valence-electron chi connectivity index (χ2n) is 6.27. The number of ether oxygens (including phenoxy) is 1. The second-order valence-corrected chi connectivity index (χ2v) is 6.27. The molecule has 24 heavy (non-hydrogen) atoms. The average molecular weight is 323 g/mol. The van der Waals surface area contributed by atoms with Crippen LogP contribution in [0.4, 0.5) is 5.95 Å². The van der Waals surface area contributed by atoms with E-state index in [9.17, 15) is 0 Å². The number of imidazole rings is 1. The van der Waals surface area contributed by atoms with Crippen molar-refractivity contribution < 1.29 is 4.74 Å². The first-order chi connectivity index (χ1) is 11.8. The highest BCUT2D eigenvalue weighted by Gasteiger charge is 2.24. The number of aromatic nitrogens is 4. The monoisotopic (exact) mass is 323 g/mol. The van der Waals surface area contributed by atoms with Crippen LogP contribution in [0.3, 0.4) is 0 Å². The van der Waals surface area contributed by atoms with Crippen molar-refractivity contribution in [2.24, 2.45) is 13.0 Å². The van der Waals surface area contributed by atoms with Crippen LogP contribution in [0.25, 0.3) is 11.0 Å². The van der Waals surface area contributed by atoms with Gasteiger partial charge in [-0.1, -0.05) is 12.1 Å². The van der Waals surface area contributed by atoms with Crippen LogP contribution in [0.5, 0.6) is 5.88 Å². The molecule has 0 radical (unpaired) electrons. The summed E-state index contributed by atoms with van der Waals surface area (Å²) in [5, 5.41) is 0. The van der Waals surface area contributed by atoms with Gasteiger partial charge < -0.3 is 14.2 Å². The Morgan fingerprint density at radius 3 is 3.00 bits per heavy atom. The molecule has 4 rings (SSSR count). The van der Waals surface area contributed by atoms with Crippen molar-refractivity contribution in [1.82, 2.24) is 19.5 Å². The third-order valence-electron chi connectivity index (χ3n) is 4.57. The van der Waals surface area contributed by atoms with Crippen molar-refractivity contribution in [3.8, 4) is 5.88 Å². The lowest BCUT2D eigenvalue weighted by Gasteiger charge is -2.33. The van der Waals surface area contributed by atoms with Gasteiger partial charge in [0, 0.05) is 38.4 Å². The molecule has 1 fully saturated rings. The molecule has 0 spiro atoms. The van der Waals surface area contributed by atoms with Crippen LogP contribution in [0.2, 0.25) is 0 Å². The number of rotatable bonds is 4. The van der Waals surface area contributed by atoms with Gasteiger partial charge in [0.1, 0.15) is 0 Å². The number of benzene rings is 1. The van der Waals surface area contributed by atoms with E-state index in [2.05, 4.69) is 44.7 Å². The largest absolute Gasteiger partial charge is 0.476 e. The Labute approximate surface area is 141 Å². The van der Waals surface area contributed by atoms with Crippen LogP contribution in [-0.2, 0) is 7.05 Å². The van der Waals surface area contributed by atoms with Crippen LogP contribution in [0.1, 0.15) is 12.8 Å². The normalized spacial score (nSPS) is 18.0. The molecule has 1 unspecified atom stereocenters. The summed E-state index contributed by atoms with van der Waals surface area (Å²) in [5.41, 5.74) is 2.22. The highest BCUT2D eigenvalue weighted by atomic mass is 16.5. The van der Waals surface area contributed by atoms with Gasteiger partial charge in [-0.3, -0.25) is 4.98 Å². The number of anilines is 1. The standard InChI is InChI=1S/C18H21N5O/c1-22-16-7-3-2-6-15(16)21-18(22)23-10-4-5-14(12-23)13-24-17-11-19-8-9-20-17/h2-3,6-9,11,14H,4-5,10,12-13H2,1H3. The van der Waals surface area contributed by atoms with E-state index in [1.54, 1.807) is 18.6 Å². The van der Waals surface area contributed by atoms with E-state index < -0.39 is 0 Å². The van der Waals surface area contributed by atoms with Crippen LogP contribution in [0, 0.1) is 5.92 Å². The van der Waals surface area contributed by atoms with Crippen LogP contribution in [0.15, 0.2) is 42.9 Å². The molecule has 0 amide bonds. The molecule has 0 aliphatic carbocycles. The Morgan fingerprint density at radius 1 is 1.25 bits per heavy atom. The second kappa shape index (κ2) is 6.47. The minimum Gasteiger partial charge on any atom is -0.476 e. The summed E-state index contributed by atoms with van der Waals surface area (Å²) in [4.78, 5) is 15.4. The zero-order valence-corrected chi connectivity index (χ0v) is 13.8. The smallest absolute Gasteiger partial charge is 0.232 e. The minimum atomic E-state index is 0.473. The number of nitrogens with zero attached hydrogens (tertiary/aromatic N) is 5. The topological polar surface area (TPSA) is 56.1 Å². The van der Waals surface area contributed by atoms with Gasteiger partial charge >= 0.3 is 0 Å². The summed E-state index contributed by atoms with van der Waals surface area (Å²) in [6.45, 7) is 2.66. The van der Waals surface area contributed by atoms with Gasteiger partial charge in [-0.2, -0.15) is 0 Å². The van der Waals surface area contributed by atoms with E-state index in [0.29, 0.717) is 18.4 Å². The van der Waals surface area contributed by atoms with E-state index in [4.69, 9.17) is 9.72 Å². The van der Waals surface area contributed by atoms with Crippen LogP contribution >= 0.6 is 0 Å². The number of para-hydroxylation sites is 2. The highest BCUT2D eigenvalue weighted by Crippen LogP contribution is 2.26. The fourth-order valence-corrected chi connectivity index (χ4v) is 3.36. The van der Waals surface area contributed by atoms with Crippen molar-refractivity contribution in [3.63, 3.8) is 0 Å². The van der Waals surface area contributed by atoms with Gasteiger partial charge in [-0.05, 0) is 25.0 Å². The third-order valence-corrected chi connectivity index (χ3v) is 4.57. The van der Waals surface area contributed by atoms with Crippen LogP contribution in [-0.4, -0.2) is 39.2 Å². The molecular formula is C18H21N5O. The molecule has 1 saturated heterocycles. The molecule has 0 bridgehead atoms. The van der Waals surface area contributed by atoms with Gasteiger partial charge in [-0.25, -0.2) is 9.97 Å². The summed E-state index contributed by atoms with van der Waals surface area (Å²) in [5.74, 6) is 2.11. The van der Waals surface area contributed by atoms with E-state index in [1.807, 2.05) is 6.07 Å². The predicted octanol–water partition coefficient (Wildman–Crippen LogP) is 2.66. The zero-order chi connectivity index (χ0) is 16.4. The molecule has 124 valence electrons. The summed E-state index contributed by atoms with van der Waals surface area (Å²) >= 11 is 0. The molecule has 1 atom stereocenters. The number of piperidine rings is 1. The van der Waals surface area contributed by atoms with E-state index in [-0.39, 0.29) is 0 Å². The zero-order valence-electron chi connectivity index (χ0n) is 13.8. The van der Waals surface area contributed by atoms with E-state index in [0.717, 1.165) is 31.0 Å². The SMILES string of the molecule is Cn1c(N2CCCC(COc3cnccn3)C2)nc2ccccc21. The molecule has 1 aliphatic heterocycles. The average Bonchev–Trinajstić information content (AvgIpc) is 2.98. The lowest BCUT2D eigenvalue weighted by molar-refractivity contribution is 0.220. The number of hydrogen-bond donors (Lipinski definition) is 0. The quantitative estimate of drug-likeness (QED) is 0.739. The molecule has 6 nitrogen and oxygen atoms in total. The Hall–Kier alpha value is -2.63. The highest BCUT2D eigenvalue weighted by molar-refractivity contribution is 5.78. The van der Waals surface area contributed by atoms with E-state index >= 15 is 0 Å². The summed E-state index contributed by atoms with van der Waals surface area (Å²) in [7, 11) is 2.09. The fourth-order valence-electron chi connectivity index (χ4n) is 3.36. The molecular weight excluding hydrogens is 302 g/mol. The Balaban J connectivity index is 1.47. The van der Waals surface area contributed by atoms with Crippen molar-refractivity contribution in [3.05, 3.63) is 42.9 Å². The molecule has 3 heterocycles. The lowest BCUT2D eigenvalue weighted by atomic mass is 9.99. The van der Waals surface area contributed by atoms with Gasteiger partial charge in [-0.15, -0.1) is 0 Å². The van der Waals surface area contributed by atoms with Gasteiger partial charge in [0.15, 0.2) is 0 Å². The molecule has 0 N–H and O–H groups in total. The molecule has 3 aromatic rings. The summed E-state index contributed by atoms with van der Waals surface area (Å²) in [6.07, 6.45) is 7.29. The molecule has 1 aliphatic rings. The maximum Gasteiger partial charge on any atom is 0.232 e. The minimum absolute atomic E-state index is 0.473. The molecule has 6 heteroatoms. The summed E-state index contributed by atoms with van der Waals surface area (Å²) in [6, 6.07) is 8.27. The van der Waals surface area contributed by atoms with Crippen molar-refractivity contribution in [2.45, 2.75) is 12.8 Å². The number of fused-ring (bicyclic) bond motifs is 1. The Kier molecular flexibility index (Phi) is 4.02.